The minimum Gasteiger partial charge on any atom is -0.355 e. The van der Waals surface area contributed by atoms with Gasteiger partial charge in [0.25, 0.3) is 0 Å². The summed E-state index contributed by atoms with van der Waals surface area (Å²) in [7, 11) is 0. The maximum atomic E-state index is 4.57. The number of nitrogens with zero attached hydrogens (tertiary/aromatic N) is 4. The van der Waals surface area contributed by atoms with E-state index in [1.807, 2.05) is 10.7 Å². The molecular weight excluding hydrogens is 320 g/mol. The van der Waals surface area contributed by atoms with Gasteiger partial charge in [0.15, 0.2) is 5.82 Å². The second-order valence-corrected chi connectivity index (χ2v) is 6.76. The summed E-state index contributed by atoms with van der Waals surface area (Å²) in [6, 6.07) is 19.0. The van der Waals surface area contributed by atoms with Crippen LogP contribution in [0.3, 0.4) is 0 Å². The van der Waals surface area contributed by atoms with Crippen LogP contribution in [0.25, 0.3) is 5.69 Å². The van der Waals surface area contributed by atoms with Crippen LogP contribution < -0.4 is 4.90 Å². The highest BCUT2D eigenvalue weighted by Crippen LogP contribution is 2.25. The maximum absolute atomic E-state index is 4.57. The van der Waals surface area contributed by atoms with Crippen molar-refractivity contribution in [2.45, 2.75) is 40.0 Å². The highest BCUT2D eigenvalue weighted by molar-refractivity contribution is 5.52. The topological polar surface area (TPSA) is 34.0 Å². The van der Waals surface area contributed by atoms with Crippen molar-refractivity contribution in [3.05, 3.63) is 71.4 Å². The van der Waals surface area contributed by atoms with Crippen LogP contribution in [0, 0.1) is 6.92 Å². The zero-order valence-corrected chi connectivity index (χ0v) is 16.0. The Bertz CT molecular complexity index is 800. The maximum Gasteiger partial charge on any atom is 0.156 e. The lowest BCUT2D eigenvalue weighted by Gasteiger charge is -2.25. The van der Waals surface area contributed by atoms with E-state index in [2.05, 4.69) is 84.5 Å². The lowest BCUT2D eigenvalue weighted by molar-refractivity contribution is 0.703. The molecule has 26 heavy (non-hydrogen) atoms. The Morgan fingerprint density at radius 3 is 2.15 bits per heavy atom. The number of benzene rings is 2. The zero-order valence-electron chi connectivity index (χ0n) is 16.0. The molecule has 0 aliphatic heterocycles. The molecule has 136 valence electrons. The number of aromatic nitrogens is 3. The fourth-order valence-electron chi connectivity index (χ4n) is 3.25. The molecule has 3 aromatic rings. The van der Waals surface area contributed by atoms with Crippen molar-refractivity contribution in [1.82, 2.24) is 15.0 Å². The Hall–Kier alpha value is -2.62. The van der Waals surface area contributed by atoms with E-state index in [4.69, 9.17) is 0 Å². The van der Waals surface area contributed by atoms with Crippen molar-refractivity contribution in [2.75, 3.05) is 18.0 Å². The molecule has 0 saturated heterocycles. The first-order valence-electron chi connectivity index (χ1n) is 9.53. The van der Waals surface area contributed by atoms with Gasteiger partial charge in [-0.15, -0.1) is 5.10 Å². The molecule has 0 saturated carbocycles. The van der Waals surface area contributed by atoms with Gasteiger partial charge in [0.1, 0.15) is 5.69 Å². The highest BCUT2D eigenvalue weighted by Gasteiger charge is 2.20. The highest BCUT2D eigenvalue weighted by atomic mass is 15.5. The molecule has 0 bridgehead atoms. The summed E-state index contributed by atoms with van der Waals surface area (Å²) < 4.78 is 2.00. The van der Waals surface area contributed by atoms with Gasteiger partial charge in [0.05, 0.1) is 5.69 Å². The molecule has 0 N–H and O–H groups in total. The van der Waals surface area contributed by atoms with Gasteiger partial charge in [-0.3, -0.25) is 0 Å². The summed E-state index contributed by atoms with van der Waals surface area (Å²) >= 11 is 0. The van der Waals surface area contributed by atoms with Crippen LogP contribution in [0.5, 0.6) is 0 Å². The third-order valence-electron chi connectivity index (χ3n) is 4.49. The Kier molecular flexibility index (Phi) is 6.05. The van der Waals surface area contributed by atoms with E-state index < -0.39 is 0 Å². The number of rotatable bonds is 8. The van der Waals surface area contributed by atoms with Crippen molar-refractivity contribution in [3.8, 4) is 5.69 Å². The average molecular weight is 348 g/mol. The molecule has 4 heteroatoms. The third-order valence-corrected chi connectivity index (χ3v) is 4.49. The minimum atomic E-state index is 0.798. The monoisotopic (exact) mass is 348 g/mol. The Morgan fingerprint density at radius 1 is 0.885 bits per heavy atom. The molecule has 0 atom stereocenters. The second kappa shape index (κ2) is 8.65. The van der Waals surface area contributed by atoms with Gasteiger partial charge < -0.3 is 4.90 Å². The molecule has 0 radical (unpaired) electrons. The zero-order chi connectivity index (χ0) is 18.4. The van der Waals surface area contributed by atoms with E-state index >= 15 is 0 Å². The quantitative estimate of drug-likeness (QED) is 0.587. The van der Waals surface area contributed by atoms with E-state index in [0.29, 0.717) is 0 Å². The van der Waals surface area contributed by atoms with Crippen molar-refractivity contribution >= 4 is 5.82 Å². The molecule has 0 aliphatic carbocycles. The van der Waals surface area contributed by atoms with Crippen LogP contribution in [0.4, 0.5) is 5.82 Å². The summed E-state index contributed by atoms with van der Waals surface area (Å²) in [6.45, 7) is 8.57. The van der Waals surface area contributed by atoms with Gasteiger partial charge in [-0.2, -0.15) is 4.68 Å². The Morgan fingerprint density at radius 2 is 1.54 bits per heavy atom. The van der Waals surface area contributed by atoms with Crippen LogP contribution in [0.2, 0.25) is 0 Å². The SMILES string of the molecule is CCCN(CCC)c1c(Cc2ccccc2)nnn1-c1ccc(C)cc1. The normalized spacial score (nSPS) is 10.9. The van der Waals surface area contributed by atoms with Gasteiger partial charge in [0.2, 0.25) is 0 Å². The van der Waals surface area contributed by atoms with Crippen LogP contribution in [0.1, 0.15) is 43.5 Å². The Balaban J connectivity index is 2.04. The van der Waals surface area contributed by atoms with Gasteiger partial charge in [-0.1, -0.05) is 67.1 Å². The molecule has 4 nitrogen and oxygen atoms in total. The van der Waals surface area contributed by atoms with Crippen LogP contribution >= 0.6 is 0 Å². The molecule has 1 heterocycles. The lowest BCUT2D eigenvalue weighted by Crippen LogP contribution is -2.28. The van der Waals surface area contributed by atoms with Crippen molar-refractivity contribution in [1.29, 1.82) is 0 Å². The summed E-state index contributed by atoms with van der Waals surface area (Å²) in [5.41, 5.74) is 4.62. The molecule has 1 aromatic heterocycles. The fraction of sp³-hybridized carbons (Fsp3) is 0.364. The molecule has 0 unspecified atom stereocenters. The molecule has 3 rings (SSSR count). The first-order chi connectivity index (χ1) is 12.7. The van der Waals surface area contributed by atoms with Crippen LogP contribution in [-0.4, -0.2) is 28.1 Å². The summed E-state index contributed by atoms with van der Waals surface area (Å²) in [5.74, 6) is 1.13. The smallest absolute Gasteiger partial charge is 0.156 e. The van der Waals surface area contributed by atoms with E-state index in [1.165, 1.54) is 11.1 Å². The van der Waals surface area contributed by atoms with E-state index in [-0.39, 0.29) is 0 Å². The van der Waals surface area contributed by atoms with E-state index in [1.54, 1.807) is 0 Å². The van der Waals surface area contributed by atoms with Crippen molar-refractivity contribution in [3.63, 3.8) is 0 Å². The van der Waals surface area contributed by atoms with Gasteiger partial charge in [-0.25, -0.2) is 0 Å². The standard InChI is InChI=1S/C22H28N4/c1-4-15-25(16-5-2)22-21(17-19-9-7-6-8-10-19)23-24-26(22)20-13-11-18(3)12-14-20/h6-14H,4-5,15-17H2,1-3H3. The summed E-state index contributed by atoms with van der Waals surface area (Å²) in [6.07, 6.45) is 3.00. The van der Waals surface area contributed by atoms with Gasteiger partial charge >= 0.3 is 0 Å². The summed E-state index contributed by atoms with van der Waals surface area (Å²) in [4.78, 5) is 2.43. The predicted octanol–water partition coefficient (Wildman–Crippen LogP) is 4.79. The lowest BCUT2D eigenvalue weighted by atomic mass is 10.1. The molecular formula is C22H28N4. The number of hydrogen-bond acceptors (Lipinski definition) is 3. The third kappa shape index (κ3) is 4.13. The number of aryl methyl sites for hydroxylation is 1. The first kappa shape index (κ1) is 18.2. The molecule has 0 spiro atoms. The van der Waals surface area contributed by atoms with Crippen LogP contribution in [-0.2, 0) is 6.42 Å². The average Bonchev–Trinajstić information content (AvgIpc) is 3.06. The van der Waals surface area contributed by atoms with Crippen molar-refractivity contribution in [2.24, 2.45) is 0 Å². The number of hydrogen-bond donors (Lipinski definition) is 0. The number of anilines is 1. The second-order valence-electron chi connectivity index (χ2n) is 6.76. The largest absolute Gasteiger partial charge is 0.355 e. The fourth-order valence-corrected chi connectivity index (χ4v) is 3.25. The molecule has 2 aromatic carbocycles. The Labute approximate surface area is 156 Å². The van der Waals surface area contributed by atoms with Gasteiger partial charge in [0, 0.05) is 19.5 Å². The van der Waals surface area contributed by atoms with Gasteiger partial charge in [-0.05, 0) is 37.5 Å². The predicted molar refractivity (Wildman–Crippen MR) is 108 cm³/mol. The molecule has 0 aliphatic rings. The van der Waals surface area contributed by atoms with E-state index in [9.17, 15) is 0 Å². The molecule has 0 fully saturated rings. The summed E-state index contributed by atoms with van der Waals surface area (Å²) in [5, 5.41) is 9.09. The van der Waals surface area contributed by atoms with Crippen molar-refractivity contribution < 1.29 is 0 Å². The first-order valence-corrected chi connectivity index (χ1v) is 9.53. The molecule has 0 amide bonds. The van der Waals surface area contributed by atoms with E-state index in [0.717, 1.165) is 49.6 Å². The minimum absolute atomic E-state index is 0.798. The van der Waals surface area contributed by atoms with Crippen LogP contribution in [0.15, 0.2) is 54.6 Å².